The zero-order chi connectivity index (χ0) is 20.0. The predicted molar refractivity (Wildman–Crippen MR) is 123 cm³/mol. The summed E-state index contributed by atoms with van der Waals surface area (Å²) in [5.74, 6) is 0.719. The first kappa shape index (κ1) is 18.5. The number of aromatic nitrogens is 1. The first-order valence-electron chi connectivity index (χ1n) is 9.95. The number of nitrogens with zero attached hydrogens (tertiary/aromatic N) is 1. The van der Waals surface area contributed by atoms with E-state index in [-0.39, 0.29) is 5.91 Å². The van der Waals surface area contributed by atoms with E-state index in [1.165, 1.54) is 27.1 Å². The summed E-state index contributed by atoms with van der Waals surface area (Å²) in [5.41, 5.74) is 6.28. The van der Waals surface area contributed by atoms with Crippen molar-refractivity contribution < 1.29 is 4.79 Å². The van der Waals surface area contributed by atoms with Crippen molar-refractivity contribution in [1.29, 1.82) is 0 Å². The summed E-state index contributed by atoms with van der Waals surface area (Å²) in [6.07, 6.45) is 3.28. The lowest BCUT2D eigenvalue weighted by Crippen LogP contribution is -2.16. The van der Waals surface area contributed by atoms with Crippen LogP contribution in [0.5, 0.6) is 0 Å². The number of nitrogens with one attached hydrogen (secondary N) is 1. The Bertz CT molecular complexity index is 1200. The van der Waals surface area contributed by atoms with Crippen LogP contribution in [0.15, 0.2) is 47.8 Å². The van der Waals surface area contributed by atoms with Crippen molar-refractivity contribution in [2.45, 2.75) is 33.1 Å². The number of carbonyl (C=O) groups is 1. The number of anilines is 1. The highest BCUT2D eigenvalue weighted by Gasteiger charge is 2.23. The van der Waals surface area contributed by atoms with Gasteiger partial charge in [-0.15, -0.1) is 22.7 Å². The van der Waals surface area contributed by atoms with E-state index in [9.17, 15) is 4.79 Å². The third-order valence-corrected chi connectivity index (χ3v) is 7.70. The molecule has 0 aliphatic heterocycles. The molecule has 4 aromatic rings. The molecule has 0 radical (unpaired) electrons. The van der Waals surface area contributed by atoms with Crippen molar-refractivity contribution in [2.75, 3.05) is 5.32 Å². The van der Waals surface area contributed by atoms with Gasteiger partial charge in [0.25, 0.3) is 5.91 Å². The Hall–Kier alpha value is -2.50. The Labute approximate surface area is 178 Å². The van der Waals surface area contributed by atoms with Crippen molar-refractivity contribution in [2.24, 2.45) is 5.92 Å². The van der Waals surface area contributed by atoms with Gasteiger partial charge in [0.05, 0.1) is 15.8 Å². The molecule has 1 atom stereocenters. The van der Waals surface area contributed by atoms with E-state index in [1.54, 1.807) is 22.7 Å². The highest BCUT2D eigenvalue weighted by atomic mass is 32.1. The van der Waals surface area contributed by atoms with E-state index in [4.69, 9.17) is 4.98 Å². The minimum absolute atomic E-state index is 0.000246. The van der Waals surface area contributed by atoms with E-state index in [0.717, 1.165) is 46.1 Å². The van der Waals surface area contributed by atoms with E-state index < -0.39 is 0 Å². The second-order valence-electron chi connectivity index (χ2n) is 7.92. The summed E-state index contributed by atoms with van der Waals surface area (Å²) in [6, 6.07) is 14.3. The van der Waals surface area contributed by atoms with Gasteiger partial charge in [-0.1, -0.05) is 13.0 Å². The van der Waals surface area contributed by atoms with Gasteiger partial charge in [-0.05, 0) is 79.6 Å². The van der Waals surface area contributed by atoms with Gasteiger partial charge < -0.3 is 5.32 Å². The Morgan fingerprint density at radius 2 is 2.00 bits per heavy atom. The van der Waals surface area contributed by atoms with Crippen LogP contribution in [-0.4, -0.2) is 10.9 Å². The van der Waals surface area contributed by atoms with E-state index in [2.05, 4.69) is 37.4 Å². The molecule has 0 bridgehead atoms. The highest BCUT2D eigenvalue weighted by Crippen LogP contribution is 2.34. The van der Waals surface area contributed by atoms with Crippen LogP contribution in [0.2, 0.25) is 0 Å². The molecular formula is C24H22N2OS2. The summed E-state index contributed by atoms with van der Waals surface area (Å²) in [5, 5.41) is 6.10. The second-order valence-corrected chi connectivity index (χ2v) is 9.92. The Morgan fingerprint density at radius 3 is 2.83 bits per heavy atom. The van der Waals surface area contributed by atoms with Crippen LogP contribution in [-0.2, 0) is 12.8 Å². The molecule has 0 spiro atoms. The highest BCUT2D eigenvalue weighted by molar-refractivity contribution is 7.21. The number of benzene rings is 2. The zero-order valence-corrected chi connectivity index (χ0v) is 18.1. The molecule has 5 rings (SSSR count). The van der Waals surface area contributed by atoms with Crippen molar-refractivity contribution in [3.05, 3.63) is 69.4 Å². The first-order valence-corrected chi connectivity index (χ1v) is 11.6. The van der Waals surface area contributed by atoms with Gasteiger partial charge in [0.15, 0.2) is 0 Å². The second kappa shape index (κ2) is 7.39. The normalized spacial score (nSPS) is 16.0. The number of amides is 1. The largest absolute Gasteiger partial charge is 0.322 e. The molecule has 1 N–H and O–H groups in total. The van der Waals surface area contributed by atoms with Gasteiger partial charge in [-0.3, -0.25) is 4.79 Å². The van der Waals surface area contributed by atoms with Crippen LogP contribution in [0, 0.1) is 12.8 Å². The summed E-state index contributed by atoms with van der Waals surface area (Å²) in [4.78, 5) is 18.9. The molecule has 0 saturated carbocycles. The number of rotatable bonds is 3. The van der Waals surface area contributed by atoms with Gasteiger partial charge in [0.1, 0.15) is 5.01 Å². The summed E-state index contributed by atoms with van der Waals surface area (Å²) in [6.45, 7) is 4.39. The lowest BCUT2D eigenvalue weighted by molar-refractivity contribution is 0.102. The molecule has 29 heavy (non-hydrogen) atoms. The van der Waals surface area contributed by atoms with Crippen LogP contribution < -0.4 is 5.32 Å². The number of carbonyl (C=O) groups excluding carboxylic acids is 1. The molecular weight excluding hydrogens is 396 g/mol. The first-order chi connectivity index (χ1) is 14.1. The molecule has 0 fully saturated rings. The van der Waals surface area contributed by atoms with Gasteiger partial charge >= 0.3 is 0 Å². The average molecular weight is 419 g/mol. The minimum atomic E-state index is 0.000246. The third kappa shape index (κ3) is 3.61. The molecule has 3 nitrogen and oxygen atoms in total. The van der Waals surface area contributed by atoms with E-state index in [1.807, 2.05) is 29.6 Å². The van der Waals surface area contributed by atoms with Gasteiger partial charge in [0.2, 0.25) is 0 Å². The molecule has 2 heterocycles. The summed E-state index contributed by atoms with van der Waals surface area (Å²) >= 11 is 3.43. The molecule has 2 aromatic carbocycles. The summed E-state index contributed by atoms with van der Waals surface area (Å²) < 4.78 is 1.20. The molecule has 1 aliphatic carbocycles. The third-order valence-electron chi connectivity index (χ3n) is 5.58. The number of aryl methyl sites for hydroxylation is 1. The maximum Gasteiger partial charge on any atom is 0.256 e. The molecule has 5 heteroatoms. The number of hydrogen-bond donors (Lipinski definition) is 1. The van der Waals surface area contributed by atoms with E-state index >= 15 is 0 Å². The molecule has 2 aromatic heterocycles. The predicted octanol–water partition coefficient (Wildman–Crippen LogP) is 6.71. The van der Waals surface area contributed by atoms with Crippen molar-refractivity contribution in [3.8, 4) is 10.6 Å². The fourth-order valence-corrected chi connectivity index (χ4v) is 6.23. The fraction of sp³-hybridized carbons (Fsp3) is 0.250. The number of fused-ring (bicyclic) bond motifs is 2. The summed E-state index contributed by atoms with van der Waals surface area (Å²) in [7, 11) is 0. The van der Waals surface area contributed by atoms with Crippen LogP contribution in [0.1, 0.15) is 39.7 Å². The number of hydrogen-bond acceptors (Lipinski definition) is 4. The Balaban J connectivity index is 1.34. The minimum Gasteiger partial charge on any atom is -0.322 e. The maximum absolute atomic E-state index is 12.8. The van der Waals surface area contributed by atoms with Gasteiger partial charge in [-0.25, -0.2) is 4.98 Å². The van der Waals surface area contributed by atoms with Gasteiger partial charge in [-0.2, -0.15) is 0 Å². The number of thiazole rings is 1. The quantitative estimate of drug-likeness (QED) is 0.402. The molecule has 146 valence electrons. The molecule has 0 unspecified atom stereocenters. The molecule has 0 saturated heterocycles. The standard InChI is InChI=1S/C24H22N2OS2/c1-14-3-9-18-19(13-28-21(18)11-14)23(27)25-17-7-5-16(6-8-17)24-26-20-10-4-15(2)12-22(20)29-24/h4-8,10,12-14H,3,9,11H2,1-2H3,(H,25,27)/t14-/m1/s1. The van der Waals surface area contributed by atoms with Gasteiger partial charge in [0, 0.05) is 21.5 Å². The van der Waals surface area contributed by atoms with Crippen LogP contribution in [0.3, 0.4) is 0 Å². The van der Waals surface area contributed by atoms with Crippen molar-refractivity contribution in [3.63, 3.8) is 0 Å². The monoisotopic (exact) mass is 418 g/mol. The molecule has 1 amide bonds. The number of thiophene rings is 1. The fourth-order valence-electron chi connectivity index (χ4n) is 3.92. The average Bonchev–Trinajstić information content (AvgIpc) is 3.31. The van der Waals surface area contributed by atoms with Crippen LogP contribution in [0.4, 0.5) is 5.69 Å². The Kier molecular flexibility index (Phi) is 4.72. The van der Waals surface area contributed by atoms with Crippen molar-refractivity contribution in [1.82, 2.24) is 4.98 Å². The SMILES string of the molecule is Cc1ccc2nc(-c3ccc(NC(=O)c4csc5c4CC[C@@H](C)C5)cc3)sc2c1. The smallest absolute Gasteiger partial charge is 0.256 e. The lowest BCUT2D eigenvalue weighted by atomic mass is 9.88. The van der Waals surface area contributed by atoms with Crippen LogP contribution >= 0.6 is 22.7 Å². The van der Waals surface area contributed by atoms with Crippen LogP contribution in [0.25, 0.3) is 20.8 Å². The topological polar surface area (TPSA) is 42.0 Å². The maximum atomic E-state index is 12.8. The van der Waals surface area contributed by atoms with E-state index in [0.29, 0.717) is 0 Å². The zero-order valence-electron chi connectivity index (χ0n) is 16.5. The van der Waals surface area contributed by atoms with Crippen molar-refractivity contribution >= 4 is 44.5 Å². The molecule has 1 aliphatic rings. The Morgan fingerprint density at radius 1 is 1.17 bits per heavy atom. The lowest BCUT2D eigenvalue weighted by Gasteiger charge is -2.18.